The van der Waals surface area contributed by atoms with E-state index in [-0.39, 0.29) is 17.7 Å². The molecular formula is C19H25N5O2S. The predicted molar refractivity (Wildman–Crippen MR) is 104 cm³/mol. The van der Waals surface area contributed by atoms with Crippen LogP contribution in [0.2, 0.25) is 0 Å². The first-order valence-corrected chi connectivity index (χ1v) is 10.2. The number of likely N-dealkylation sites (tertiary alicyclic amines) is 1. The summed E-state index contributed by atoms with van der Waals surface area (Å²) in [6.07, 6.45) is 7.19. The molecule has 2 aromatic heterocycles. The molecule has 3 heterocycles. The number of pyridine rings is 1. The van der Waals surface area contributed by atoms with Gasteiger partial charge in [-0.05, 0) is 18.6 Å². The second-order valence-corrected chi connectivity index (χ2v) is 7.67. The van der Waals surface area contributed by atoms with Crippen LogP contribution in [0.15, 0.2) is 41.9 Å². The molecule has 1 atom stereocenters. The van der Waals surface area contributed by atoms with E-state index in [9.17, 15) is 9.59 Å². The lowest BCUT2D eigenvalue weighted by atomic mass is 9.96. The number of amides is 2. The summed E-state index contributed by atoms with van der Waals surface area (Å²) in [5.41, 5.74) is 0.961. The number of rotatable bonds is 8. The Morgan fingerprint density at radius 1 is 1.33 bits per heavy atom. The van der Waals surface area contributed by atoms with E-state index in [1.807, 2.05) is 36.0 Å². The van der Waals surface area contributed by atoms with Crippen LogP contribution in [0.5, 0.6) is 0 Å². The summed E-state index contributed by atoms with van der Waals surface area (Å²) < 4.78 is 1.96. The first kappa shape index (κ1) is 19.4. The predicted octanol–water partition coefficient (Wildman–Crippen LogP) is 1.50. The first-order valence-electron chi connectivity index (χ1n) is 9.19. The summed E-state index contributed by atoms with van der Waals surface area (Å²) in [6, 6.07) is 5.78. The van der Waals surface area contributed by atoms with Crippen molar-refractivity contribution in [2.45, 2.75) is 24.4 Å². The minimum atomic E-state index is -0.135. The summed E-state index contributed by atoms with van der Waals surface area (Å²) in [5.74, 6) is 0.793. The summed E-state index contributed by atoms with van der Waals surface area (Å²) in [5, 5.41) is 3.93. The highest BCUT2D eigenvalue weighted by atomic mass is 32.2. The third-order valence-electron chi connectivity index (χ3n) is 4.64. The van der Waals surface area contributed by atoms with Gasteiger partial charge < -0.3 is 14.8 Å². The van der Waals surface area contributed by atoms with Gasteiger partial charge in [-0.25, -0.2) is 4.98 Å². The van der Waals surface area contributed by atoms with Crippen molar-refractivity contribution in [1.82, 2.24) is 24.8 Å². The maximum Gasteiger partial charge on any atom is 0.224 e. The molecule has 27 heavy (non-hydrogen) atoms. The van der Waals surface area contributed by atoms with Crippen molar-refractivity contribution >= 4 is 23.6 Å². The van der Waals surface area contributed by atoms with Crippen LogP contribution in [0.1, 0.15) is 18.5 Å². The van der Waals surface area contributed by atoms with Gasteiger partial charge in [0.15, 0.2) is 5.16 Å². The third-order valence-corrected chi connectivity index (χ3v) is 5.70. The smallest absolute Gasteiger partial charge is 0.224 e. The normalized spacial score (nSPS) is 17.1. The number of thioether (sulfide) groups is 1. The Hall–Kier alpha value is -2.35. The lowest BCUT2D eigenvalue weighted by Gasteiger charge is -2.32. The Bertz CT molecular complexity index is 764. The molecule has 1 aliphatic rings. The number of piperidine rings is 1. The van der Waals surface area contributed by atoms with Crippen LogP contribution >= 0.6 is 11.8 Å². The molecule has 2 aromatic rings. The van der Waals surface area contributed by atoms with Crippen LogP contribution in [0, 0.1) is 5.92 Å². The Labute approximate surface area is 163 Å². The van der Waals surface area contributed by atoms with Crippen molar-refractivity contribution in [2.24, 2.45) is 13.0 Å². The van der Waals surface area contributed by atoms with Crippen LogP contribution < -0.4 is 5.32 Å². The topological polar surface area (TPSA) is 80.1 Å². The van der Waals surface area contributed by atoms with Crippen LogP contribution in [-0.2, 0) is 23.1 Å². The van der Waals surface area contributed by atoms with E-state index < -0.39 is 0 Å². The Morgan fingerprint density at radius 2 is 2.22 bits per heavy atom. The van der Waals surface area contributed by atoms with Crippen molar-refractivity contribution in [3.8, 4) is 0 Å². The maximum absolute atomic E-state index is 12.5. The molecule has 1 aliphatic heterocycles. The van der Waals surface area contributed by atoms with Gasteiger partial charge in [0.2, 0.25) is 11.8 Å². The highest BCUT2D eigenvalue weighted by Gasteiger charge is 2.29. The molecule has 1 saturated heterocycles. The second kappa shape index (κ2) is 9.55. The number of aromatic nitrogens is 3. The van der Waals surface area contributed by atoms with E-state index in [0.717, 1.165) is 16.6 Å². The Balaban J connectivity index is 1.41. The van der Waals surface area contributed by atoms with Crippen molar-refractivity contribution in [3.05, 3.63) is 42.5 Å². The highest BCUT2D eigenvalue weighted by Crippen LogP contribution is 2.18. The SMILES string of the molecule is Cn1ccnc1SCCNC(=O)[C@H]1CCC(=O)N(CCc2ccccn2)C1. The number of imidazole rings is 1. The Morgan fingerprint density at radius 3 is 2.96 bits per heavy atom. The molecule has 0 saturated carbocycles. The van der Waals surface area contributed by atoms with Crippen molar-refractivity contribution < 1.29 is 9.59 Å². The average Bonchev–Trinajstić information content (AvgIpc) is 3.10. The summed E-state index contributed by atoms with van der Waals surface area (Å²) in [7, 11) is 1.95. The molecule has 2 amide bonds. The minimum absolute atomic E-state index is 0.0331. The lowest BCUT2D eigenvalue weighted by Crippen LogP contribution is -2.46. The quantitative estimate of drug-likeness (QED) is 0.549. The molecule has 0 aliphatic carbocycles. The molecule has 8 heteroatoms. The fraction of sp³-hybridized carbons (Fsp3) is 0.474. The van der Waals surface area contributed by atoms with Gasteiger partial charge in [-0.3, -0.25) is 14.6 Å². The minimum Gasteiger partial charge on any atom is -0.355 e. The van der Waals surface area contributed by atoms with E-state index in [1.165, 1.54) is 0 Å². The second-order valence-electron chi connectivity index (χ2n) is 6.61. The number of nitrogens with one attached hydrogen (secondary N) is 1. The van der Waals surface area contributed by atoms with Gasteiger partial charge in [0.05, 0.1) is 5.92 Å². The zero-order valence-electron chi connectivity index (χ0n) is 15.5. The molecule has 0 aromatic carbocycles. The van der Waals surface area contributed by atoms with E-state index in [0.29, 0.717) is 38.9 Å². The van der Waals surface area contributed by atoms with Gasteiger partial charge in [-0.2, -0.15) is 0 Å². The highest BCUT2D eigenvalue weighted by molar-refractivity contribution is 7.99. The number of aryl methyl sites for hydroxylation is 1. The van der Waals surface area contributed by atoms with Gasteiger partial charge in [0.25, 0.3) is 0 Å². The maximum atomic E-state index is 12.5. The van der Waals surface area contributed by atoms with Gasteiger partial charge in [-0.15, -0.1) is 0 Å². The molecule has 7 nitrogen and oxygen atoms in total. The van der Waals surface area contributed by atoms with Crippen molar-refractivity contribution in [3.63, 3.8) is 0 Å². The molecule has 3 rings (SSSR count). The van der Waals surface area contributed by atoms with Crippen LogP contribution in [-0.4, -0.2) is 56.6 Å². The summed E-state index contributed by atoms with van der Waals surface area (Å²) >= 11 is 1.61. The zero-order chi connectivity index (χ0) is 19.1. The number of hydrogen-bond donors (Lipinski definition) is 1. The number of carbonyl (C=O) groups is 2. The number of hydrogen-bond acceptors (Lipinski definition) is 5. The van der Waals surface area contributed by atoms with Crippen LogP contribution in [0.3, 0.4) is 0 Å². The number of carbonyl (C=O) groups excluding carboxylic acids is 2. The molecule has 1 N–H and O–H groups in total. The standard InChI is InChI=1S/C19H25N5O2S/c1-23-12-9-22-19(23)27-13-10-21-18(26)15-5-6-17(25)24(14-15)11-7-16-4-2-3-8-20-16/h2-4,8-9,12,15H,5-7,10-11,13-14H2,1H3,(H,21,26)/t15-/m0/s1. The summed E-state index contributed by atoms with van der Waals surface area (Å²) in [4.78, 5) is 35.0. The zero-order valence-corrected chi connectivity index (χ0v) is 16.3. The fourth-order valence-corrected chi connectivity index (χ4v) is 3.88. The summed E-state index contributed by atoms with van der Waals surface area (Å²) in [6.45, 7) is 1.69. The van der Waals surface area contributed by atoms with E-state index in [2.05, 4.69) is 15.3 Å². The van der Waals surface area contributed by atoms with Gasteiger partial charge in [0.1, 0.15) is 0 Å². The molecule has 0 unspecified atom stereocenters. The van der Waals surface area contributed by atoms with E-state index in [1.54, 1.807) is 29.1 Å². The molecule has 0 bridgehead atoms. The van der Waals surface area contributed by atoms with Gasteiger partial charge in [-0.1, -0.05) is 17.8 Å². The lowest BCUT2D eigenvalue weighted by molar-refractivity contribution is -0.138. The largest absolute Gasteiger partial charge is 0.355 e. The molecule has 144 valence electrons. The van der Waals surface area contributed by atoms with Crippen LogP contribution in [0.4, 0.5) is 0 Å². The van der Waals surface area contributed by atoms with E-state index >= 15 is 0 Å². The first-order chi connectivity index (χ1) is 13.1. The van der Waals surface area contributed by atoms with Gasteiger partial charge >= 0.3 is 0 Å². The third kappa shape index (κ3) is 5.56. The molecular weight excluding hydrogens is 362 g/mol. The van der Waals surface area contributed by atoms with Gasteiger partial charge in [0, 0.05) is 69.6 Å². The molecule has 0 spiro atoms. The average molecular weight is 388 g/mol. The van der Waals surface area contributed by atoms with Crippen molar-refractivity contribution in [2.75, 3.05) is 25.4 Å². The van der Waals surface area contributed by atoms with E-state index in [4.69, 9.17) is 0 Å². The van der Waals surface area contributed by atoms with Crippen LogP contribution in [0.25, 0.3) is 0 Å². The number of nitrogens with zero attached hydrogens (tertiary/aromatic N) is 4. The fourth-order valence-electron chi connectivity index (χ4n) is 3.09. The molecule has 1 fully saturated rings. The monoisotopic (exact) mass is 387 g/mol. The van der Waals surface area contributed by atoms with Crippen molar-refractivity contribution in [1.29, 1.82) is 0 Å². The molecule has 0 radical (unpaired) electrons. The Kier molecular flexibility index (Phi) is 6.86.